The van der Waals surface area contributed by atoms with Gasteiger partial charge >= 0.3 is 5.97 Å². The van der Waals surface area contributed by atoms with Crippen LogP contribution in [-0.4, -0.2) is 24.5 Å². The van der Waals surface area contributed by atoms with E-state index in [0.29, 0.717) is 17.8 Å². The zero-order valence-electron chi connectivity index (χ0n) is 13.2. The Hall–Kier alpha value is -2.04. The van der Waals surface area contributed by atoms with E-state index in [9.17, 15) is 9.59 Å². The van der Waals surface area contributed by atoms with E-state index in [-0.39, 0.29) is 5.91 Å². The Morgan fingerprint density at radius 3 is 2.57 bits per heavy atom. The van der Waals surface area contributed by atoms with Crippen molar-refractivity contribution in [2.45, 2.75) is 46.6 Å². The first kappa shape index (κ1) is 17.0. The second kappa shape index (κ2) is 7.67. The van der Waals surface area contributed by atoms with Crippen LogP contribution in [0.4, 0.5) is 5.69 Å². The molecule has 0 spiro atoms. The Bertz CT molecular complexity index is 526. The fraction of sp³-hybridized carbons (Fsp3) is 0.500. The van der Waals surface area contributed by atoms with Gasteiger partial charge in [0, 0.05) is 12.2 Å². The molecule has 0 aliphatic rings. The van der Waals surface area contributed by atoms with Crippen molar-refractivity contribution in [2.24, 2.45) is 0 Å². The largest absolute Gasteiger partial charge is 0.449 e. The van der Waals surface area contributed by atoms with Gasteiger partial charge in [-0.1, -0.05) is 19.4 Å². The van der Waals surface area contributed by atoms with Gasteiger partial charge in [0.05, 0.1) is 5.56 Å². The number of anilines is 1. The van der Waals surface area contributed by atoms with E-state index in [1.54, 1.807) is 13.0 Å². The van der Waals surface area contributed by atoms with E-state index in [1.807, 2.05) is 26.8 Å². The standard InChI is InChI=1S/C16H24N2O3/c1-5-6-7-18-15(19)12(4)21-16(20)13-9-14(17)11(3)8-10(13)2/h8-9,12H,5-7,17H2,1-4H3,(H,18,19). The Morgan fingerprint density at radius 2 is 1.95 bits per heavy atom. The molecule has 0 saturated heterocycles. The topological polar surface area (TPSA) is 81.4 Å². The molecule has 1 atom stereocenters. The molecule has 0 aliphatic heterocycles. The van der Waals surface area contributed by atoms with E-state index in [2.05, 4.69) is 5.32 Å². The second-order valence-electron chi connectivity index (χ2n) is 5.22. The lowest BCUT2D eigenvalue weighted by molar-refractivity contribution is -0.129. The van der Waals surface area contributed by atoms with Gasteiger partial charge in [0.25, 0.3) is 5.91 Å². The summed E-state index contributed by atoms with van der Waals surface area (Å²) in [5, 5.41) is 2.73. The molecule has 0 saturated carbocycles. The lowest BCUT2D eigenvalue weighted by Crippen LogP contribution is -2.36. The zero-order valence-corrected chi connectivity index (χ0v) is 13.2. The van der Waals surface area contributed by atoms with Gasteiger partial charge in [-0.25, -0.2) is 4.79 Å². The average molecular weight is 292 g/mol. The molecule has 116 valence electrons. The van der Waals surface area contributed by atoms with Crippen LogP contribution < -0.4 is 11.1 Å². The van der Waals surface area contributed by atoms with Crippen molar-refractivity contribution in [3.63, 3.8) is 0 Å². The molecule has 1 unspecified atom stereocenters. The number of carbonyl (C=O) groups is 2. The molecule has 0 radical (unpaired) electrons. The monoisotopic (exact) mass is 292 g/mol. The number of nitrogens with two attached hydrogens (primary N) is 1. The van der Waals surface area contributed by atoms with Crippen LogP contribution in [0.15, 0.2) is 12.1 Å². The lowest BCUT2D eigenvalue weighted by atomic mass is 10.0. The van der Waals surface area contributed by atoms with Crippen molar-refractivity contribution in [1.82, 2.24) is 5.32 Å². The third kappa shape index (κ3) is 4.77. The minimum absolute atomic E-state index is 0.283. The Balaban J connectivity index is 2.68. The first-order chi connectivity index (χ1) is 9.86. The number of unbranched alkanes of at least 4 members (excludes halogenated alkanes) is 1. The van der Waals surface area contributed by atoms with Crippen molar-refractivity contribution < 1.29 is 14.3 Å². The average Bonchev–Trinajstić information content (AvgIpc) is 2.42. The molecule has 1 aromatic carbocycles. The van der Waals surface area contributed by atoms with Crippen LogP contribution >= 0.6 is 0 Å². The third-order valence-corrected chi connectivity index (χ3v) is 3.32. The molecule has 0 bridgehead atoms. The van der Waals surface area contributed by atoms with Crippen molar-refractivity contribution in [3.05, 3.63) is 28.8 Å². The van der Waals surface area contributed by atoms with E-state index in [0.717, 1.165) is 24.0 Å². The van der Waals surface area contributed by atoms with Gasteiger partial charge in [0.15, 0.2) is 6.10 Å². The summed E-state index contributed by atoms with van der Waals surface area (Å²) in [5.41, 5.74) is 8.44. The van der Waals surface area contributed by atoms with Gasteiger partial charge in [-0.3, -0.25) is 4.79 Å². The minimum Gasteiger partial charge on any atom is -0.449 e. The predicted molar refractivity (Wildman–Crippen MR) is 83.1 cm³/mol. The van der Waals surface area contributed by atoms with E-state index < -0.39 is 12.1 Å². The summed E-state index contributed by atoms with van der Waals surface area (Å²) in [5.74, 6) is -0.813. The molecule has 1 aromatic rings. The smallest absolute Gasteiger partial charge is 0.339 e. The number of nitrogen functional groups attached to an aromatic ring is 1. The molecule has 5 nitrogen and oxygen atoms in total. The van der Waals surface area contributed by atoms with E-state index >= 15 is 0 Å². The summed E-state index contributed by atoms with van der Waals surface area (Å²) in [6, 6.07) is 3.42. The number of hydrogen-bond acceptors (Lipinski definition) is 4. The second-order valence-corrected chi connectivity index (χ2v) is 5.22. The van der Waals surface area contributed by atoms with Gasteiger partial charge in [-0.15, -0.1) is 0 Å². The first-order valence-electron chi connectivity index (χ1n) is 7.22. The number of amides is 1. The molecule has 1 rings (SSSR count). The van der Waals surface area contributed by atoms with Crippen LogP contribution in [0.3, 0.4) is 0 Å². The van der Waals surface area contributed by atoms with Crippen LogP contribution in [-0.2, 0) is 9.53 Å². The number of hydrogen-bond donors (Lipinski definition) is 2. The molecule has 0 aromatic heterocycles. The Kier molecular flexibility index (Phi) is 6.21. The normalized spacial score (nSPS) is 11.8. The number of ether oxygens (including phenoxy) is 1. The maximum absolute atomic E-state index is 12.1. The number of carbonyl (C=O) groups excluding carboxylic acids is 2. The van der Waals surface area contributed by atoms with E-state index in [1.165, 1.54) is 0 Å². The number of rotatable bonds is 6. The van der Waals surface area contributed by atoms with Crippen molar-refractivity contribution >= 4 is 17.6 Å². The van der Waals surface area contributed by atoms with Crippen LogP contribution in [0.1, 0.15) is 48.2 Å². The summed E-state index contributed by atoms with van der Waals surface area (Å²) in [4.78, 5) is 23.9. The maximum Gasteiger partial charge on any atom is 0.339 e. The summed E-state index contributed by atoms with van der Waals surface area (Å²) >= 11 is 0. The summed E-state index contributed by atoms with van der Waals surface area (Å²) < 4.78 is 5.20. The van der Waals surface area contributed by atoms with Gasteiger partial charge in [-0.2, -0.15) is 0 Å². The van der Waals surface area contributed by atoms with Gasteiger partial charge in [0.1, 0.15) is 0 Å². The minimum atomic E-state index is -0.823. The SMILES string of the molecule is CCCCNC(=O)C(C)OC(=O)c1cc(N)c(C)cc1C. The van der Waals surface area contributed by atoms with Crippen LogP contribution in [0, 0.1) is 13.8 Å². The fourth-order valence-corrected chi connectivity index (χ4v) is 1.90. The van der Waals surface area contributed by atoms with Crippen LogP contribution in [0.25, 0.3) is 0 Å². The number of esters is 1. The molecular formula is C16H24N2O3. The number of nitrogens with one attached hydrogen (secondary N) is 1. The molecule has 0 aliphatic carbocycles. The zero-order chi connectivity index (χ0) is 16.0. The molecule has 21 heavy (non-hydrogen) atoms. The molecule has 3 N–H and O–H groups in total. The Labute approximate surface area is 125 Å². The highest BCUT2D eigenvalue weighted by molar-refractivity contribution is 5.94. The highest BCUT2D eigenvalue weighted by atomic mass is 16.5. The predicted octanol–water partition coefficient (Wildman–Crippen LogP) is 2.35. The maximum atomic E-state index is 12.1. The third-order valence-electron chi connectivity index (χ3n) is 3.32. The number of benzene rings is 1. The lowest BCUT2D eigenvalue weighted by Gasteiger charge is -2.15. The Morgan fingerprint density at radius 1 is 1.29 bits per heavy atom. The summed E-state index contributed by atoms with van der Waals surface area (Å²) in [6.07, 6.45) is 1.08. The molecular weight excluding hydrogens is 268 g/mol. The molecule has 5 heteroatoms. The molecule has 0 fully saturated rings. The highest BCUT2D eigenvalue weighted by Gasteiger charge is 2.20. The van der Waals surface area contributed by atoms with Gasteiger partial charge < -0.3 is 15.8 Å². The molecule has 0 heterocycles. The summed E-state index contributed by atoms with van der Waals surface area (Å²) in [7, 11) is 0. The van der Waals surface area contributed by atoms with Crippen molar-refractivity contribution in [2.75, 3.05) is 12.3 Å². The fourth-order valence-electron chi connectivity index (χ4n) is 1.90. The highest BCUT2D eigenvalue weighted by Crippen LogP contribution is 2.19. The van der Waals surface area contributed by atoms with Gasteiger partial charge in [-0.05, 0) is 44.4 Å². The number of aryl methyl sites for hydroxylation is 2. The quantitative estimate of drug-likeness (QED) is 0.479. The van der Waals surface area contributed by atoms with Crippen molar-refractivity contribution in [3.8, 4) is 0 Å². The first-order valence-corrected chi connectivity index (χ1v) is 7.22. The van der Waals surface area contributed by atoms with Crippen LogP contribution in [0.2, 0.25) is 0 Å². The molecule has 1 amide bonds. The van der Waals surface area contributed by atoms with E-state index in [4.69, 9.17) is 10.5 Å². The van der Waals surface area contributed by atoms with Gasteiger partial charge in [0.2, 0.25) is 0 Å². The van der Waals surface area contributed by atoms with Crippen LogP contribution in [0.5, 0.6) is 0 Å². The summed E-state index contributed by atoms with van der Waals surface area (Å²) in [6.45, 7) is 7.89. The van der Waals surface area contributed by atoms with Crippen molar-refractivity contribution in [1.29, 1.82) is 0 Å².